The Labute approximate surface area is 148 Å². The second-order valence-electron chi connectivity index (χ2n) is 6.28. The van der Waals surface area contributed by atoms with Crippen LogP contribution in [0.4, 0.5) is 11.6 Å². The first-order valence-electron chi connectivity index (χ1n) is 8.79. The zero-order valence-electron chi connectivity index (χ0n) is 14.5. The molecule has 1 aromatic heterocycles. The van der Waals surface area contributed by atoms with Gasteiger partial charge in [-0.2, -0.15) is 0 Å². The molecule has 25 heavy (non-hydrogen) atoms. The van der Waals surface area contributed by atoms with E-state index < -0.39 is 0 Å². The van der Waals surface area contributed by atoms with Gasteiger partial charge in [-0.05, 0) is 31.0 Å². The molecule has 1 aliphatic carbocycles. The van der Waals surface area contributed by atoms with E-state index in [0.29, 0.717) is 29.1 Å². The molecule has 1 aliphatic rings. The molecule has 0 aliphatic heterocycles. The van der Waals surface area contributed by atoms with Crippen LogP contribution < -0.4 is 15.4 Å². The van der Waals surface area contributed by atoms with Crippen LogP contribution in [0.25, 0.3) is 0 Å². The molecule has 0 radical (unpaired) electrons. The molecule has 6 heteroatoms. The quantitative estimate of drug-likeness (QED) is 0.808. The fraction of sp³-hybridized carbons (Fsp3) is 0.421. The molecular weight excluding hydrogens is 316 g/mol. The smallest absolute Gasteiger partial charge is 0.274 e. The van der Waals surface area contributed by atoms with E-state index in [2.05, 4.69) is 20.6 Å². The van der Waals surface area contributed by atoms with Crippen molar-refractivity contribution < 1.29 is 9.53 Å². The van der Waals surface area contributed by atoms with Crippen molar-refractivity contribution in [1.29, 1.82) is 0 Å². The molecule has 0 atom stereocenters. The number of rotatable bonds is 5. The van der Waals surface area contributed by atoms with Crippen molar-refractivity contribution in [2.75, 3.05) is 17.7 Å². The zero-order valence-corrected chi connectivity index (χ0v) is 14.5. The SMILES string of the molecule is COc1cccc(NC(=O)c2ccnc(NC3CCCCCC3)n2)c1. The summed E-state index contributed by atoms with van der Waals surface area (Å²) in [7, 11) is 1.59. The van der Waals surface area contributed by atoms with E-state index in [1.54, 1.807) is 25.4 Å². The molecule has 6 nitrogen and oxygen atoms in total. The molecule has 1 saturated carbocycles. The summed E-state index contributed by atoms with van der Waals surface area (Å²) in [5.74, 6) is 0.945. The molecule has 1 aromatic carbocycles. The number of hydrogen-bond donors (Lipinski definition) is 2. The molecule has 1 heterocycles. The van der Waals surface area contributed by atoms with Gasteiger partial charge < -0.3 is 15.4 Å². The molecule has 2 aromatic rings. The van der Waals surface area contributed by atoms with E-state index in [9.17, 15) is 4.79 Å². The monoisotopic (exact) mass is 340 g/mol. The van der Waals surface area contributed by atoms with Crippen LogP contribution in [0.15, 0.2) is 36.5 Å². The number of methoxy groups -OCH3 is 1. The van der Waals surface area contributed by atoms with Gasteiger partial charge in [0, 0.05) is 24.0 Å². The van der Waals surface area contributed by atoms with Crippen molar-refractivity contribution in [1.82, 2.24) is 9.97 Å². The molecule has 0 saturated heterocycles. The molecule has 132 valence electrons. The van der Waals surface area contributed by atoms with Gasteiger partial charge in [-0.3, -0.25) is 4.79 Å². The lowest BCUT2D eigenvalue weighted by molar-refractivity contribution is 0.102. The minimum atomic E-state index is -0.264. The van der Waals surface area contributed by atoms with Crippen LogP contribution in [0.1, 0.15) is 49.0 Å². The predicted octanol–water partition coefficient (Wildman–Crippen LogP) is 3.87. The van der Waals surface area contributed by atoms with Crippen LogP contribution in [0.2, 0.25) is 0 Å². The summed E-state index contributed by atoms with van der Waals surface area (Å²) in [6.45, 7) is 0. The van der Waals surface area contributed by atoms with Gasteiger partial charge >= 0.3 is 0 Å². The van der Waals surface area contributed by atoms with E-state index >= 15 is 0 Å². The van der Waals surface area contributed by atoms with Gasteiger partial charge in [0.15, 0.2) is 0 Å². The van der Waals surface area contributed by atoms with Gasteiger partial charge in [0.05, 0.1) is 7.11 Å². The number of amides is 1. The highest BCUT2D eigenvalue weighted by Crippen LogP contribution is 2.20. The number of aromatic nitrogens is 2. The molecule has 0 bridgehead atoms. The maximum absolute atomic E-state index is 12.4. The molecule has 1 fully saturated rings. The topological polar surface area (TPSA) is 76.1 Å². The Hall–Kier alpha value is -2.63. The van der Waals surface area contributed by atoms with Crippen LogP contribution >= 0.6 is 0 Å². The second kappa shape index (κ2) is 8.46. The zero-order chi connectivity index (χ0) is 17.5. The minimum Gasteiger partial charge on any atom is -0.497 e. The van der Waals surface area contributed by atoms with Crippen molar-refractivity contribution >= 4 is 17.5 Å². The molecule has 1 amide bonds. The first-order valence-corrected chi connectivity index (χ1v) is 8.79. The van der Waals surface area contributed by atoms with E-state index in [1.807, 2.05) is 18.2 Å². The molecule has 2 N–H and O–H groups in total. The summed E-state index contributed by atoms with van der Waals surface area (Å²) in [5.41, 5.74) is 1.01. The van der Waals surface area contributed by atoms with E-state index in [4.69, 9.17) is 4.74 Å². The third-order valence-corrected chi connectivity index (χ3v) is 4.40. The highest BCUT2D eigenvalue weighted by molar-refractivity contribution is 6.03. The molecule has 0 unspecified atom stereocenters. The van der Waals surface area contributed by atoms with Crippen LogP contribution in [-0.2, 0) is 0 Å². The van der Waals surface area contributed by atoms with Gasteiger partial charge in [-0.15, -0.1) is 0 Å². The van der Waals surface area contributed by atoms with E-state index in [0.717, 1.165) is 12.8 Å². The minimum absolute atomic E-state index is 0.264. The fourth-order valence-electron chi connectivity index (χ4n) is 3.06. The number of carbonyl (C=O) groups excluding carboxylic acids is 1. The van der Waals surface area contributed by atoms with Gasteiger partial charge in [0.2, 0.25) is 5.95 Å². The molecular formula is C19H24N4O2. The average Bonchev–Trinajstić information content (AvgIpc) is 2.91. The number of nitrogens with one attached hydrogen (secondary N) is 2. The van der Waals surface area contributed by atoms with Crippen molar-refractivity contribution in [3.8, 4) is 5.75 Å². The number of benzene rings is 1. The van der Waals surface area contributed by atoms with E-state index in [-0.39, 0.29) is 5.91 Å². The third kappa shape index (κ3) is 4.92. The maximum Gasteiger partial charge on any atom is 0.274 e. The predicted molar refractivity (Wildman–Crippen MR) is 98.1 cm³/mol. The van der Waals surface area contributed by atoms with Crippen molar-refractivity contribution in [3.05, 3.63) is 42.2 Å². The normalized spacial score (nSPS) is 15.2. The Kier molecular flexibility index (Phi) is 5.82. The second-order valence-corrected chi connectivity index (χ2v) is 6.28. The summed E-state index contributed by atoms with van der Waals surface area (Å²) in [4.78, 5) is 21.1. The summed E-state index contributed by atoms with van der Waals surface area (Å²) in [5, 5.41) is 6.21. The standard InChI is InChI=1S/C19H24N4O2/c1-25-16-10-6-9-15(13-16)21-18(24)17-11-12-20-19(23-17)22-14-7-4-2-3-5-8-14/h6,9-14H,2-5,7-8H2,1H3,(H,21,24)(H,20,22,23). The summed E-state index contributed by atoms with van der Waals surface area (Å²) >= 11 is 0. The number of nitrogens with zero attached hydrogens (tertiary/aromatic N) is 2. The van der Waals surface area contributed by atoms with Gasteiger partial charge in [-0.25, -0.2) is 9.97 Å². The summed E-state index contributed by atoms with van der Waals surface area (Å²) in [6, 6.07) is 9.24. The number of ether oxygens (including phenoxy) is 1. The Bertz CT molecular complexity index is 712. The average molecular weight is 340 g/mol. The van der Waals surface area contributed by atoms with Gasteiger partial charge in [0.25, 0.3) is 5.91 Å². The Balaban J connectivity index is 1.66. The number of carbonyl (C=O) groups is 1. The Morgan fingerprint density at radius 3 is 2.72 bits per heavy atom. The lowest BCUT2D eigenvalue weighted by Crippen LogP contribution is -2.21. The van der Waals surface area contributed by atoms with Crippen molar-refractivity contribution in [2.24, 2.45) is 0 Å². The number of hydrogen-bond acceptors (Lipinski definition) is 5. The first-order chi connectivity index (χ1) is 12.2. The fourth-order valence-corrected chi connectivity index (χ4v) is 3.06. The maximum atomic E-state index is 12.4. The van der Waals surface area contributed by atoms with E-state index in [1.165, 1.54) is 25.7 Å². The van der Waals surface area contributed by atoms with Crippen LogP contribution in [0, 0.1) is 0 Å². The van der Waals surface area contributed by atoms with Gasteiger partial charge in [0.1, 0.15) is 11.4 Å². The Morgan fingerprint density at radius 2 is 1.96 bits per heavy atom. The van der Waals surface area contributed by atoms with Crippen molar-refractivity contribution in [3.63, 3.8) is 0 Å². The van der Waals surface area contributed by atoms with Crippen molar-refractivity contribution in [2.45, 2.75) is 44.6 Å². The first kappa shape index (κ1) is 17.2. The molecule has 0 spiro atoms. The van der Waals surface area contributed by atoms with Crippen LogP contribution in [-0.4, -0.2) is 29.0 Å². The van der Waals surface area contributed by atoms with Crippen LogP contribution in [0.5, 0.6) is 5.75 Å². The summed E-state index contributed by atoms with van der Waals surface area (Å²) in [6.07, 6.45) is 8.92. The highest BCUT2D eigenvalue weighted by atomic mass is 16.5. The lowest BCUT2D eigenvalue weighted by atomic mass is 10.1. The summed E-state index contributed by atoms with van der Waals surface area (Å²) < 4.78 is 5.17. The highest BCUT2D eigenvalue weighted by Gasteiger charge is 2.15. The Morgan fingerprint density at radius 1 is 1.16 bits per heavy atom. The lowest BCUT2D eigenvalue weighted by Gasteiger charge is -2.16. The third-order valence-electron chi connectivity index (χ3n) is 4.40. The molecule has 3 rings (SSSR count). The number of anilines is 2. The van der Waals surface area contributed by atoms with Crippen LogP contribution in [0.3, 0.4) is 0 Å². The van der Waals surface area contributed by atoms with Gasteiger partial charge in [-0.1, -0.05) is 31.7 Å². The largest absolute Gasteiger partial charge is 0.497 e.